The zero-order chi connectivity index (χ0) is 21.0. The van der Waals surface area contributed by atoms with Crippen LogP contribution in [0.4, 0.5) is 13.2 Å². The molecule has 3 rings (SSSR count). The van der Waals surface area contributed by atoms with Gasteiger partial charge < -0.3 is 9.57 Å². The molecule has 0 atom stereocenters. The summed E-state index contributed by atoms with van der Waals surface area (Å²) in [7, 11) is 0. The number of para-hydroxylation sites is 2. The van der Waals surface area contributed by atoms with E-state index in [-0.39, 0.29) is 17.9 Å². The number of aromatic nitrogens is 1. The Labute approximate surface area is 163 Å². The third-order valence-electron chi connectivity index (χ3n) is 3.91. The van der Waals surface area contributed by atoms with Gasteiger partial charge in [0.2, 0.25) is 0 Å². The van der Waals surface area contributed by atoms with Gasteiger partial charge in [0.1, 0.15) is 12.4 Å². The number of hydroxylamine groups is 1. The lowest BCUT2D eigenvalue weighted by Crippen LogP contribution is -2.34. The predicted octanol–water partition coefficient (Wildman–Crippen LogP) is 3.87. The number of carbonyl (C=O) groups is 2. The summed E-state index contributed by atoms with van der Waals surface area (Å²) in [5.41, 5.74) is 3.80. The van der Waals surface area contributed by atoms with Crippen molar-refractivity contribution in [3.8, 4) is 5.75 Å². The zero-order valence-corrected chi connectivity index (χ0v) is 15.1. The van der Waals surface area contributed by atoms with E-state index in [0.29, 0.717) is 0 Å². The van der Waals surface area contributed by atoms with Crippen LogP contribution in [-0.4, -0.2) is 23.0 Å². The van der Waals surface area contributed by atoms with Gasteiger partial charge in [-0.2, -0.15) is 18.7 Å². The molecule has 29 heavy (non-hydrogen) atoms. The first-order chi connectivity index (χ1) is 13.8. The van der Waals surface area contributed by atoms with E-state index < -0.39 is 18.1 Å². The third-order valence-corrected chi connectivity index (χ3v) is 3.91. The van der Waals surface area contributed by atoms with Gasteiger partial charge in [0, 0.05) is 16.6 Å². The fourth-order valence-electron chi connectivity index (χ4n) is 2.66. The summed E-state index contributed by atoms with van der Waals surface area (Å²) in [6.07, 6.45) is -5.22. The van der Waals surface area contributed by atoms with Gasteiger partial charge in [-0.3, -0.25) is 9.78 Å². The minimum absolute atomic E-state index is 0.0856. The molecular formula is C20H15F3N2O4. The molecule has 150 valence electrons. The summed E-state index contributed by atoms with van der Waals surface area (Å²) in [5.74, 6) is -3.46. The maximum absolute atomic E-state index is 12.2. The topological polar surface area (TPSA) is 77.5 Å². The van der Waals surface area contributed by atoms with Crippen LogP contribution in [0.2, 0.25) is 0 Å². The van der Waals surface area contributed by atoms with Crippen LogP contribution in [-0.2, 0) is 16.2 Å². The number of rotatable bonds is 4. The highest BCUT2D eigenvalue weighted by Gasteiger charge is 2.42. The average molecular weight is 404 g/mol. The van der Waals surface area contributed by atoms with Crippen LogP contribution in [0.3, 0.4) is 0 Å². The number of carbonyl (C=O) groups excluding carboxylic acids is 2. The first-order valence-electron chi connectivity index (χ1n) is 8.41. The lowest BCUT2D eigenvalue weighted by molar-refractivity contribution is -0.204. The molecule has 0 aliphatic carbocycles. The van der Waals surface area contributed by atoms with E-state index in [1.54, 1.807) is 6.07 Å². The quantitative estimate of drug-likeness (QED) is 0.668. The van der Waals surface area contributed by atoms with Crippen molar-refractivity contribution >= 4 is 22.8 Å². The van der Waals surface area contributed by atoms with E-state index >= 15 is 0 Å². The Morgan fingerprint density at radius 1 is 1.07 bits per heavy atom. The molecule has 0 aliphatic rings. The number of amides is 1. The zero-order valence-electron chi connectivity index (χ0n) is 15.1. The maximum atomic E-state index is 12.2. The Balaban J connectivity index is 1.77. The highest BCUT2D eigenvalue weighted by Crippen LogP contribution is 2.23. The fourth-order valence-corrected chi connectivity index (χ4v) is 2.66. The third kappa shape index (κ3) is 4.81. The van der Waals surface area contributed by atoms with Crippen LogP contribution in [0, 0.1) is 6.92 Å². The molecule has 9 heteroatoms. The van der Waals surface area contributed by atoms with Crippen molar-refractivity contribution in [3.05, 3.63) is 71.4 Å². The minimum atomic E-state index is -5.22. The Kier molecular flexibility index (Phi) is 5.67. The van der Waals surface area contributed by atoms with Crippen molar-refractivity contribution in [2.75, 3.05) is 0 Å². The van der Waals surface area contributed by atoms with Crippen LogP contribution >= 0.6 is 0 Å². The molecular weight excluding hydrogens is 389 g/mol. The first-order valence-corrected chi connectivity index (χ1v) is 8.41. The molecule has 0 bridgehead atoms. The second kappa shape index (κ2) is 8.17. The number of benzene rings is 2. The predicted molar refractivity (Wildman–Crippen MR) is 96.9 cm³/mol. The van der Waals surface area contributed by atoms with Crippen molar-refractivity contribution in [2.45, 2.75) is 19.7 Å². The van der Waals surface area contributed by atoms with Gasteiger partial charge in [-0.05, 0) is 31.2 Å². The highest BCUT2D eigenvalue weighted by molar-refractivity contribution is 5.97. The molecule has 0 saturated carbocycles. The lowest BCUT2D eigenvalue weighted by atomic mass is 10.1. The van der Waals surface area contributed by atoms with Crippen LogP contribution in [0.15, 0.2) is 54.6 Å². The minimum Gasteiger partial charge on any atom is -0.488 e. The molecule has 0 radical (unpaired) electrons. The van der Waals surface area contributed by atoms with Gasteiger partial charge in [0.05, 0.1) is 11.1 Å². The number of nitrogens with zero attached hydrogens (tertiary/aromatic N) is 1. The molecule has 0 fully saturated rings. The smallest absolute Gasteiger partial charge is 0.488 e. The summed E-state index contributed by atoms with van der Waals surface area (Å²) in [6.45, 7) is 1.93. The molecule has 0 unspecified atom stereocenters. The number of fused-ring (bicyclic) bond motifs is 1. The highest BCUT2D eigenvalue weighted by atomic mass is 19.4. The van der Waals surface area contributed by atoms with Gasteiger partial charge in [-0.1, -0.05) is 30.3 Å². The molecule has 0 aliphatic heterocycles. The van der Waals surface area contributed by atoms with Crippen molar-refractivity contribution in [1.82, 2.24) is 10.5 Å². The Bertz CT molecular complexity index is 1070. The van der Waals surface area contributed by atoms with E-state index in [2.05, 4.69) is 9.82 Å². The summed E-state index contributed by atoms with van der Waals surface area (Å²) >= 11 is 0. The van der Waals surface area contributed by atoms with Crippen molar-refractivity contribution in [1.29, 1.82) is 0 Å². The van der Waals surface area contributed by atoms with Gasteiger partial charge in [-0.25, -0.2) is 4.79 Å². The molecule has 1 aromatic heterocycles. The first kappa shape index (κ1) is 20.1. The monoisotopic (exact) mass is 404 g/mol. The molecule has 1 N–H and O–H groups in total. The Morgan fingerprint density at radius 3 is 2.52 bits per heavy atom. The van der Waals surface area contributed by atoms with Gasteiger partial charge in [0.25, 0.3) is 5.91 Å². The number of hydrogen-bond donors (Lipinski definition) is 1. The summed E-state index contributed by atoms with van der Waals surface area (Å²) < 4.78 is 42.3. The van der Waals surface area contributed by atoms with Crippen LogP contribution in [0.5, 0.6) is 5.75 Å². The number of nitrogens with one attached hydrogen (secondary N) is 1. The number of aryl methyl sites for hydroxylation is 1. The van der Waals surface area contributed by atoms with E-state index in [0.717, 1.165) is 22.2 Å². The average Bonchev–Trinajstić information content (AvgIpc) is 2.69. The molecule has 2 aromatic carbocycles. The number of alkyl halides is 3. The largest absolute Gasteiger partial charge is 0.493 e. The summed E-state index contributed by atoms with van der Waals surface area (Å²) in [6, 6.07) is 15.2. The summed E-state index contributed by atoms with van der Waals surface area (Å²) in [5, 5.41) is 0.874. The van der Waals surface area contributed by atoms with Gasteiger partial charge in [-0.15, -0.1) is 0 Å². The van der Waals surface area contributed by atoms with Crippen LogP contribution in [0.1, 0.15) is 21.6 Å². The van der Waals surface area contributed by atoms with Gasteiger partial charge >= 0.3 is 12.1 Å². The molecule has 6 nitrogen and oxygen atoms in total. The second-order valence-electron chi connectivity index (χ2n) is 6.04. The normalized spacial score (nSPS) is 11.2. The second-order valence-corrected chi connectivity index (χ2v) is 6.04. The summed E-state index contributed by atoms with van der Waals surface area (Å²) in [4.78, 5) is 31.1. The number of pyridine rings is 1. The Hall–Kier alpha value is -3.62. The van der Waals surface area contributed by atoms with E-state index in [4.69, 9.17) is 4.74 Å². The van der Waals surface area contributed by atoms with Crippen LogP contribution < -0.4 is 10.2 Å². The van der Waals surface area contributed by atoms with Crippen molar-refractivity contribution in [3.63, 3.8) is 0 Å². The van der Waals surface area contributed by atoms with Crippen molar-refractivity contribution < 1.29 is 32.3 Å². The number of hydrogen-bond acceptors (Lipinski definition) is 5. The van der Waals surface area contributed by atoms with Gasteiger partial charge in [0.15, 0.2) is 0 Å². The van der Waals surface area contributed by atoms with Crippen molar-refractivity contribution in [2.24, 2.45) is 0 Å². The fraction of sp³-hybridized carbons (Fsp3) is 0.150. The molecule has 0 saturated heterocycles. The molecule has 3 aromatic rings. The molecule has 1 heterocycles. The van der Waals surface area contributed by atoms with E-state index in [1.807, 2.05) is 37.3 Å². The standard InChI is InChI=1S/C20H15F3N2O4/c1-12-10-13(14-6-2-4-8-16(14)24-12)11-28-17-9-5-3-7-15(17)18(26)25-29-19(27)20(21,22)23/h2-10H,11H2,1H3,(H,25,26). The number of halogens is 3. The SMILES string of the molecule is Cc1cc(COc2ccccc2C(=O)NOC(=O)C(F)(F)F)c2ccccc2n1. The molecule has 0 spiro atoms. The van der Waals surface area contributed by atoms with E-state index in [9.17, 15) is 22.8 Å². The van der Waals surface area contributed by atoms with E-state index in [1.165, 1.54) is 23.7 Å². The lowest BCUT2D eigenvalue weighted by Gasteiger charge is -2.13. The number of ether oxygens (including phenoxy) is 1. The Morgan fingerprint density at radius 2 is 1.76 bits per heavy atom. The maximum Gasteiger partial charge on any atom is 0.493 e. The molecule has 1 amide bonds. The van der Waals surface area contributed by atoms with Crippen LogP contribution in [0.25, 0.3) is 10.9 Å².